The zero-order valence-electron chi connectivity index (χ0n) is 12.9. The van der Waals surface area contributed by atoms with E-state index in [1.165, 1.54) is 12.8 Å². The van der Waals surface area contributed by atoms with Gasteiger partial charge in [0.15, 0.2) is 0 Å². The van der Waals surface area contributed by atoms with Gasteiger partial charge in [-0.3, -0.25) is 4.90 Å². The molecule has 5 nitrogen and oxygen atoms in total. The van der Waals surface area contributed by atoms with Gasteiger partial charge in [0.1, 0.15) is 5.76 Å². The number of likely N-dealkylation sites (tertiary alicyclic amines) is 1. The lowest BCUT2D eigenvalue weighted by molar-refractivity contribution is 0.127. The average Bonchev–Trinajstić information content (AvgIpc) is 2.71. The number of nitrogens with zero attached hydrogens (tertiary/aromatic N) is 3. The zero-order chi connectivity index (χ0) is 14.5. The standard InChI is InChI=1S/C15H27N3O2/c1-12-13(2)20-15(16-12)11-17(3)10-14-4-6-18(7-5-14)8-9-19/h14,19H,4-11H2,1-3H3. The van der Waals surface area contributed by atoms with E-state index < -0.39 is 0 Å². The molecule has 1 N–H and O–H groups in total. The Morgan fingerprint density at radius 1 is 1.35 bits per heavy atom. The molecular weight excluding hydrogens is 254 g/mol. The quantitative estimate of drug-likeness (QED) is 0.855. The van der Waals surface area contributed by atoms with Gasteiger partial charge in [-0.1, -0.05) is 0 Å². The Balaban J connectivity index is 1.73. The largest absolute Gasteiger partial charge is 0.444 e. The Labute approximate surface area is 121 Å². The van der Waals surface area contributed by atoms with Crippen LogP contribution in [0.1, 0.15) is 30.2 Å². The summed E-state index contributed by atoms with van der Waals surface area (Å²) in [6.07, 6.45) is 2.43. The van der Waals surface area contributed by atoms with E-state index in [-0.39, 0.29) is 6.61 Å². The number of oxazole rings is 1. The normalized spacial score (nSPS) is 18.1. The highest BCUT2D eigenvalue weighted by atomic mass is 16.4. The minimum Gasteiger partial charge on any atom is -0.444 e. The molecular formula is C15H27N3O2. The fraction of sp³-hybridized carbons (Fsp3) is 0.800. The van der Waals surface area contributed by atoms with Crippen LogP contribution in [0, 0.1) is 19.8 Å². The van der Waals surface area contributed by atoms with Gasteiger partial charge in [0.05, 0.1) is 18.8 Å². The zero-order valence-corrected chi connectivity index (χ0v) is 12.9. The van der Waals surface area contributed by atoms with Crippen molar-refractivity contribution in [3.05, 3.63) is 17.3 Å². The van der Waals surface area contributed by atoms with Crippen molar-refractivity contribution in [3.8, 4) is 0 Å². The molecule has 1 saturated heterocycles. The highest BCUT2D eigenvalue weighted by Crippen LogP contribution is 2.19. The van der Waals surface area contributed by atoms with Crippen LogP contribution in [0.2, 0.25) is 0 Å². The highest BCUT2D eigenvalue weighted by Gasteiger charge is 2.20. The van der Waals surface area contributed by atoms with Gasteiger partial charge >= 0.3 is 0 Å². The van der Waals surface area contributed by atoms with Gasteiger partial charge in [0, 0.05) is 13.1 Å². The number of piperidine rings is 1. The highest BCUT2D eigenvalue weighted by molar-refractivity contribution is 5.05. The third-order valence-electron chi connectivity index (χ3n) is 4.17. The summed E-state index contributed by atoms with van der Waals surface area (Å²) in [7, 11) is 2.13. The third kappa shape index (κ3) is 4.30. The second-order valence-corrected chi connectivity index (χ2v) is 5.95. The van der Waals surface area contributed by atoms with Crippen LogP contribution < -0.4 is 0 Å². The first-order chi connectivity index (χ1) is 9.58. The van der Waals surface area contributed by atoms with E-state index >= 15 is 0 Å². The number of aliphatic hydroxyl groups excluding tert-OH is 1. The van der Waals surface area contributed by atoms with Crippen molar-refractivity contribution in [2.75, 3.05) is 39.8 Å². The second-order valence-electron chi connectivity index (χ2n) is 5.95. The second kappa shape index (κ2) is 7.20. The fourth-order valence-electron chi connectivity index (χ4n) is 2.88. The van der Waals surface area contributed by atoms with Crippen LogP contribution in [0.4, 0.5) is 0 Å². The van der Waals surface area contributed by atoms with E-state index in [1.807, 2.05) is 13.8 Å². The van der Waals surface area contributed by atoms with E-state index in [0.29, 0.717) is 0 Å². The maximum Gasteiger partial charge on any atom is 0.208 e. The number of aryl methyl sites for hydroxylation is 2. The summed E-state index contributed by atoms with van der Waals surface area (Å²) in [5.41, 5.74) is 0.991. The molecule has 2 heterocycles. The van der Waals surface area contributed by atoms with Crippen molar-refractivity contribution in [2.45, 2.75) is 33.2 Å². The predicted octanol–water partition coefficient (Wildman–Crippen LogP) is 1.43. The molecule has 1 aliphatic heterocycles. The molecule has 1 aliphatic rings. The molecule has 0 aromatic carbocycles. The van der Waals surface area contributed by atoms with E-state index in [9.17, 15) is 0 Å². The maximum absolute atomic E-state index is 8.95. The summed E-state index contributed by atoms with van der Waals surface area (Å²) in [5.74, 6) is 2.48. The first kappa shape index (κ1) is 15.5. The summed E-state index contributed by atoms with van der Waals surface area (Å²) in [6, 6.07) is 0. The SMILES string of the molecule is Cc1nc(CN(C)CC2CCN(CCO)CC2)oc1C. The van der Waals surface area contributed by atoms with Gasteiger partial charge in [0.2, 0.25) is 5.89 Å². The molecule has 5 heteroatoms. The number of rotatable bonds is 6. The molecule has 114 valence electrons. The van der Waals surface area contributed by atoms with Crippen molar-refractivity contribution in [1.29, 1.82) is 0 Å². The molecule has 0 spiro atoms. The van der Waals surface area contributed by atoms with Crippen LogP contribution in [0.5, 0.6) is 0 Å². The van der Waals surface area contributed by atoms with E-state index in [4.69, 9.17) is 9.52 Å². The lowest BCUT2D eigenvalue weighted by Crippen LogP contribution is -2.38. The lowest BCUT2D eigenvalue weighted by atomic mass is 9.96. The van der Waals surface area contributed by atoms with Gasteiger partial charge in [0.25, 0.3) is 0 Å². The lowest BCUT2D eigenvalue weighted by Gasteiger charge is -2.33. The Morgan fingerprint density at radius 2 is 2.05 bits per heavy atom. The maximum atomic E-state index is 8.95. The molecule has 0 saturated carbocycles. The molecule has 1 aromatic heterocycles. The summed E-state index contributed by atoms with van der Waals surface area (Å²) >= 11 is 0. The van der Waals surface area contributed by atoms with Crippen LogP contribution in [0.15, 0.2) is 4.42 Å². The summed E-state index contributed by atoms with van der Waals surface area (Å²) in [4.78, 5) is 9.08. The van der Waals surface area contributed by atoms with Crippen molar-refractivity contribution < 1.29 is 9.52 Å². The minimum absolute atomic E-state index is 0.271. The average molecular weight is 281 g/mol. The number of β-amino-alcohol motifs (C(OH)–C–C–N with tert-alkyl or cyclic N) is 1. The van der Waals surface area contributed by atoms with Crippen molar-refractivity contribution in [2.24, 2.45) is 5.92 Å². The molecule has 1 fully saturated rings. The topological polar surface area (TPSA) is 52.7 Å². The molecule has 0 unspecified atom stereocenters. The fourth-order valence-corrected chi connectivity index (χ4v) is 2.88. The van der Waals surface area contributed by atoms with Crippen molar-refractivity contribution in [1.82, 2.24) is 14.8 Å². The van der Waals surface area contributed by atoms with Crippen LogP contribution in [0.25, 0.3) is 0 Å². The Morgan fingerprint density at radius 3 is 2.60 bits per heavy atom. The van der Waals surface area contributed by atoms with Gasteiger partial charge in [-0.15, -0.1) is 0 Å². The molecule has 1 aromatic rings. The molecule has 0 bridgehead atoms. The smallest absolute Gasteiger partial charge is 0.208 e. The summed E-state index contributed by atoms with van der Waals surface area (Å²) in [5, 5.41) is 8.95. The van der Waals surface area contributed by atoms with E-state index in [0.717, 1.165) is 56.0 Å². The van der Waals surface area contributed by atoms with Gasteiger partial charge in [-0.25, -0.2) is 4.98 Å². The molecule has 20 heavy (non-hydrogen) atoms. The molecule has 2 rings (SSSR count). The third-order valence-corrected chi connectivity index (χ3v) is 4.17. The van der Waals surface area contributed by atoms with Crippen LogP contribution >= 0.6 is 0 Å². The molecule has 0 atom stereocenters. The molecule has 0 aliphatic carbocycles. The van der Waals surface area contributed by atoms with Crippen LogP contribution in [-0.4, -0.2) is 59.7 Å². The number of aliphatic hydroxyl groups is 1. The number of aromatic nitrogens is 1. The minimum atomic E-state index is 0.271. The van der Waals surface area contributed by atoms with E-state index in [2.05, 4.69) is 21.8 Å². The van der Waals surface area contributed by atoms with Gasteiger partial charge in [-0.2, -0.15) is 0 Å². The summed E-state index contributed by atoms with van der Waals surface area (Å²) in [6.45, 7) is 9.12. The Hall–Kier alpha value is -0.910. The van der Waals surface area contributed by atoms with Gasteiger partial charge < -0.3 is 14.4 Å². The first-order valence-electron chi connectivity index (χ1n) is 7.53. The van der Waals surface area contributed by atoms with Crippen molar-refractivity contribution >= 4 is 0 Å². The number of hydrogen-bond acceptors (Lipinski definition) is 5. The predicted molar refractivity (Wildman–Crippen MR) is 78.6 cm³/mol. The Kier molecular flexibility index (Phi) is 5.57. The van der Waals surface area contributed by atoms with Crippen molar-refractivity contribution in [3.63, 3.8) is 0 Å². The molecule has 0 amide bonds. The first-order valence-corrected chi connectivity index (χ1v) is 7.53. The molecule has 0 radical (unpaired) electrons. The Bertz CT molecular complexity index is 392. The summed E-state index contributed by atoms with van der Waals surface area (Å²) < 4.78 is 5.63. The van der Waals surface area contributed by atoms with Crippen LogP contribution in [-0.2, 0) is 6.54 Å². The monoisotopic (exact) mass is 281 g/mol. The number of hydrogen-bond donors (Lipinski definition) is 1. The van der Waals surface area contributed by atoms with Crippen LogP contribution in [0.3, 0.4) is 0 Å². The van der Waals surface area contributed by atoms with E-state index in [1.54, 1.807) is 0 Å². The van der Waals surface area contributed by atoms with Gasteiger partial charge in [-0.05, 0) is 52.7 Å².